The lowest BCUT2D eigenvalue weighted by Gasteiger charge is -2.26. The molecule has 1 N–H and O–H groups in total. The second-order valence-electron chi connectivity index (χ2n) is 6.12. The first kappa shape index (κ1) is 18.7. The maximum atomic E-state index is 12.6. The second kappa shape index (κ2) is 9.57. The number of carbonyl (C=O) groups is 1. The van der Waals surface area contributed by atoms with Crippen molar-refractivity contribution in [3.63, 3.8) is 0 Å². The van der Waals surface area contributed by atoms with E-state index in [0.717, 1.165) is 38.4 Å². The molecule has 5 nitrogen and oxygen atoms in total. The topological polar surface area (TPSA) is 50.8 Å². The van der Waals surface area contributed by atoms with Crippen LogP contribution in [0, 0.1) is 0 Å². The van der Waals surface area contributed by atoms with Gasteiger partial charge in [-0.1, -0.05) is 41.9 Å². The summed E-state index contributed by atoms with van der Waals surface area (Å²) in [5.74, 6) is 0.353. The first-order valence-corrected chi connectivity index (χ1v) is 9.15. The highest BCUT2D eigenvalue weighted by Crippen LogP contribution is 2.24. The van der Waals surface area contributed by atoms with Crippen LogP contribution in [0.15, 0.2) is 48.5 Å². The monoisotopic (exact) mass is 374 g/mol. The van der Waals surface area contributed by atoms with Crippen LogP contribution in [-0.4, -0.2) is 50.2 Å². The zero-order valence-electron chi connectivity index (χ0n) is 14.6. The van der Waals surface area contributed by atoms with Crippen LogP contribution < -0.4 is 10.1 Å². The van der Waals surface area contributed by atoms with Crippen molar-refractivity contribution in [2.45, 2.75) is 6.61 Å². The van der Waals surface area contributed by atoms with E-state index in [-0.39, 0.29) is 5.91 Å². The molecule has 26 heavy (non-hydrogen) atoms. The minimum Gasteiger partial charge on any atom is -0.488 e. The number of carbonyl (C=O) groups excluding carboxylic acids is 1. The smallest absolute Gasteiger partial charge is 0.255 e. The third-order valence-electron chi connectivity index (χ3n) is 4.24. The van der Waals surface area contributed by atoms with Crippen LogP contribution in [0.2, 0.25) is 5.02 Å². The van der Waals surface area contributed by atoms with Gasteiger partial charge in [0.1, 0.15) is 12.4 Å². The molecule has 1 fully saturated rings. The molecule has 1 saturated heterocycles. The zero-order chi connectivity index (χ0) is 18.2. The highest BCUT2D eigenvalue weighted by molar-refractivity contribution is 6.31. The Labute approximate surface area is 158 Å². The van der Waals surface area contributed by atoms with Crippen molar-refractivity contribution in [1.29, 1.82) is 0 Å². The quantitative estimate of drug-likeness (QED) is 0.809. The SMILES string of the molecule is O=C(NCCN1CCOCC1)c1cc(Cl)ccc1OCc1ccccc1. The number of morpholine rings is 1. The van der Waals surface area contributed by atoms with Gasteiger partial charge in [-0.15, -0.1) is 0 Å². The van der Waals surface area contributed by atoms with Crippen LogP contribution in [0.3, 0.4) is 0 Å². The molecular formula is C20H23ClN2O3. The van der Waals surface area contributed by atoms with Gasteiger partial charge in [0.05, 0.1) is 18.8 Å². The van der Waals surface area contributed by atoms with E-state index in [2.05, 4.69) is 10.2 Å². The normalized spacial score (nSPS) is 14.8. The largest absolute Gasteiger partial charge is 0.488 e. The van der Waals surface area contributed by atoms with Gasteiger partial charge in [-0.05, 0) is 23.8 Å². The zero-order valence-corrected chi connectivity index (χ0v) is 15.4. The van der Waals surface area contributed by atoms with Gasteiger partial charge >= 0.3 is 0 Å². The molecular weight excluding hydrogens is 352 g/mol. The van der Waals surface area contributed by atoms with Crippen LogP contribution in [0.5, 0.6) is 5.75 Å². The summed E-state index contributed by atoms with van der Waals surface area (Å²) < 4.78 is 11.2. The second-order valence-corrected chi connectivity index (χ2v) is 6.56. The number of benzene rings is 2. The lowest BCUT2D eigenvalue weighted by molar-refractivity contribution is 0.0383. The van der Waals surface area contributed by atoms with Crippen LogP contribution in [0.25, 0.3) is 0 Å². The third kappa shape index (κ3) is 5.46. The summed E-state index contributed by atoms with van der Waals surface area (Å²) in [7, 11) is 0. The molecule has 6 heteroatoms. The fourth-order valence-electron chi connectivity index (χ4n) is 2.79. The molecule has 1 heterocycles. The van der Waals surface area contributed by atoms with Gasteiger partial charge in [0.15, 0.2) is 0 Å². The Kier molecular flexibility index (Phi) is 6.89. The fourth-order valence-corrected chi connectivity index (χ4v) is 2.96. The van der Waals surface area contributed by atoms with Crippen LogP contribution in [-0.2, 0) is 11.3 Å². The highest BCUT2D eigenvalue weighted by atomic mass is 35.5. The van der Waals surface area contributed by atoms with Gasteiger partial charge in [0.2, 0.25) is 0 Å². The van der Waals surface area contributed by atoms with E-state index < -0.39 is 0 Å². The average Bonchev–Trinajstić information content (AvgIpc) is 2.68. The van der Waals surface area contributed by atoms with Crippen molar-refractivity contribution in [1.82, 2.24) is 10.2 Å². The molecule has 0 spiro atoms. The van der Waals surface area contributed by atoms with Gasteiger partial charge in [-0.2, -0.15) is 0 Å². The van der Waals surface area contributed by atoms with Crippen LogP contribution >= 0.6 is 11.6 Å². The van der Waals surface area contributed by atoms with Crippen molar-refractivity contribution >= 4 is 17.5 Å². The maximum absolute atomic E-state index is 12.6. The van der Waals surface area contributed by atoms with Crippen LogP contribution in [0.1, 0.15) is 15.9 Å². The molecule has 0 aromatic heterocycles. The molecule has 1 aliphatic rings. The molecule has 0 aliphatic carbocycles. The van der Waals surface area contributed by atoms with E-state index in [4.69, 9.17) is 21.1 Å². The van der Waals surface area contributed by atoms with Gasteiger partial charge in [0.25, 0.3) is 5.91 Å². The summed E-state index contributed by atoms with van der Waals surface area (Å²) in [5.41, 5.74) is 1.50. The molecule has 0 atom stereocenters. The number of rotatable bonds is 7. The molecule has 2 aromatic carbocycles. The predicted octanol–water partition coefficient (Wildman–Crippen LogP) is 2.98. The Hall–Kier alpha value is -2.08. The van der Waals surface area contributed by atoms with E-state index in [1.165, 1.54) is 0 Å². The highest BCUT2D eigenvalue weighted by Gasteiger charge is 2.15. The number of nitrogens with zero attached hydrogens (tertiary/aromatic N) is 1. The minimum atomic E-state index is -0.177. The minimum absolute atomic E-state index is 0.177. The molecule has 1 aliphatic heterocycles. The van der Waals surface area contributed by atoms with Crippen molar-refractivity contribution in [2.24, 2.45) is 0 Å². The lowest BCUT2D eigenvalue weighted by atomic mass is 10.2. The van der Waals surface area contributed by atoms with E-state index in [9.17, 15) is 4.79 Å². The van der Waals surface area contributed by atoms with E-state index in [0.29, 0.717) is 29.5 Å². The molecule has 1 amide bonds. The first-order chi connectivity index (χ1) is 12.7. The summed E-state index contributed by atoms with van der Waals surface area (Å²) in [5, 5.41) is 3.46. The summed E-state index contributed by atoms with van der Waals surface area (Å²) in [6.45, 7) is 5.08. The number of hydrogen-bond donors (Lipinski definition) is 1. The third-order valence-corrected chi connectivity index (χ3v) is 4.48. The Morgan fingerprint density at radius 1 is 1.15 bits per heavy atom. The van der Waals surface area contributed by atoms with E-state index >= 15 is 0 Å². The molecule has 0 radical (unpaired) electrons. The van der Waals surface area contributed by atoms with Gasteiger partial charge < -0.3 is 14.8 Å². The summed E-state index contributed by atoms with van der Waals surface area (Å²) in [6, 6.07) is 15.0. The first-order valence-electron chi connectivity index (χ1n) is 8.77. The standard InChI is InChI=1S/C20H23ClN2O3/c21-17-6-7-19(26-15-16-4-2-1-3-5-16)18(14-17)20(24)22-8-9-23-10-12-25-13-11-23/h1-7,14H,8-13,15H2,(H,22,24). The Morgan fingerprint density at radius 2 is 1.92 bits per heavy atom. The summed E-state index contributed by atoms with van der Waals surface area (Å²) in [6.07, 6.45) is 0. The molecule has 3 rings (SSSR count). The van der Waals surface area contributed by atoms with Gasteiger partial charge in [-0.3, -0.25) is 9.69 Å². The lowest BCUT2D eigenvalue weighted by Crippen LogP contribution is -2.41. The Balaban J connectivity index is 1.58. The molecule has 0 unspecified atom stereocenters. The Morgan fingerprint density at radius 3 is 2.69 bits per heavy atom. The van der Waals surface area contributed by atoms with Gasteiger partial charge in [0, 0.05) is 31.2 Å². The van der Waals surface area contributed by atoms with E-state index in [1.54, 1.807) is 18.2 Å². The summed E-state index contributed by atoms with van der Waals surface area (Å²) in [4.78, 5) is 14.9. The van der Waals surface area contributed by atoms with Gasteiger partial charge in [-0.25, -0.2) is 0 Å². The maximum Gasteiger partial charge on any atom is 0.255 e. The fraction of sp³-hybridized carbons (Fsp3) is 0.350. The Bertz CT molecular complexity index is 718. The molecule has 0 saturated carbocycles. The average molecular weight is 375 g/mol. The number of halogens is 1. The van der Waals surface area contributed by atoms with Crippen molar-refractivity contribution < 1.29 is 14.3 Å². The summed E-state index contributed by atoms with van der Waals surface area (Å²) >= 11 is 6.08. The predicted molar refractivity (Wildman–Crippen MR) is 102 cm³/mol. The number of hydrogen-bond acceptors (Lipinski definition) is 4. The van der Waals surface area contributed by atoms with Crippen LogP contribution in [0.4, 0.5) is 0 Å². The molecule has 0 bridgehead atoms. The van der Waals surface area contributed by atoms with E-state index in [1.807, 2.05) is 30.3 Å². The van der Waals surface area contributed by atoms with Crippen molar-refractivity contribution in [3.8, 4) is 5.75 Å². The van der Waals surface area contributed by atoms with Crippen molar-refractivity contribution in [2.75, 3.05) is 39.4 Å². The number of amides is 1. The van der Waals surface area contributed by atoms with Crippen molar-refractivity contribution in [3.05, 3.63) is 64.7 Å². The number of nitrogens with one attached hydrogen (secondary N) is 1. The molecule has 138 valence electrons. The number of ether oxygens (including phenoxy) is 2. The molecule has 2 aromatic rings.